The van der Waals surface area contributed by atoms with E-state index in [2.05, 4.69) is 25.2 Å². The zero-order chi connectivity index (χ0) is 13.1. The summed E-state index contributed by atoms with van der Waals surface area (Å²) in [6.07, 6.45) is 3.29. The van der Waals surface area contributed by atoms with Gasteiger partial charge >= 0.3 is 0 Å². The van der Waals surface area contributed by atoms with Gasteiger partial charge in [-0.2, -0.15) is 0 Å². The van der Waals surface area contributed by atoms with Gasteiger partial charge < -0.3 is 14.8 Å². The lowest BCUT2D eigenvalue weighted by Crippen LogP contribution is -2.38. The molecule has 1 unspecified atom stereocenters. The second-order valence-electron chi connectivity index (χ2n) is 5.20. The van der Waals surface area contributed by atoms with Gasteiger partial charge in [-0.3, -0.25) is 0 Å². The molecule has 1 aromatic carbocycles. The Morgan fingerprint density at radius 2 is 2.00 bits per heavy atom. The van der Waals surface area contributed by atoms with Crippen LogP contribution in [0.15, 0.2) is 12.1 Å². The molecule has 0 heterocycles. The van der Waals surface area contributed by atoms with Crippen molar-refractivity contribution in [3.05, 3.63) is 23.3 Å². The summed E-state index contributed by atoms with van der Waals surface area (Å²) in [4.78, 5) is 0. The first-order valence-corrected chi connectivity index (χ1v) is 6.64. The fourth-order valence-corrected chi connectivity index (χ4v) is 2.80. The van der Waals surface area contributed by atoms with Gasteiger partial charge in [-0.05, 0) is 30.9 Å². The van der Waals surface area contributed by atoms with Crippen molar-refractivity contribution in [2.45, 2.75) is 45.2 Å². The van der Waals surface area contributed by atoms with Gasteiger partial charge in [0.1, 0.15) is 0 Å². The molecular formula is C15H23NO2. The summed E-state index contributed by atoms with van der Waals surface area (Å²) in [6, 6.07) is 5.30. The van der Waals surface area contributed by atoms with Crippen molar-refractivity contribution in [1.29, 1.82) is 0 Å². The summed E-state index contributed by atoms with van der Waals surface area (Å²) in [5.41, 5.74) is 2.70. The molecule has 0 fully saturated rings. The van der Waals surface area contributed by atoms with E-state index in [-0.39, 0.29) is 0 Å². The summed E-state index contributed by atoms with van der Waals surface area (Å²) < 4.78 is 10.9. The second kappa shape index (κ2) is 5.61. The fourth-order valence-electron chi connectivity index (χ4n) is 2.80. The van der Waals surface area contributed by atoms with Gasteiger partial charge in [0, 0.05) is 17.6 Å². The fraction of sp³-hybridized carbons (Fsp3) is 0.600. The number of rotatable bonds is 4. The molecule has 0 radical (unpaired) electrons. The summed E-state index contributed by atoms with van der Waals surface area (Å²) >= 11 is 0. The van der Waals surface area contributed by atoms with E-state index in [1.165, 1.54) is 11.1 Å². The van der Waals surface area contributed by atoms with Crippen LogP contribution in [0.3, 0.4) is 0 Å². The molecule has 3 nitrogen and oxygen atoms in total. The molecule has 0 bridgehead atoms. The molecule has 1 N–H and O–H groups in total. The van der Waals surface area contributed by atoms with Gasteiger partial charge in [0.15, 0.2) is 11.5 Å². The van der Waals surface area contributed by atoms with Crippen LogP contribution >= 0.6 is 0 Å². The number of ether oxygens (including phenoxy) is 2. The minimum Gasteiger partial charge on any atom is -0.493 e. The first kappa shape index (κ1) is 13.2. The van der Waals surface area contributed by atoms with Crippen molar-refractivity contribution in [3.63, 3.8) is 0 Å². The molecule has 1 aromatic rings. The molecule has 0 aromatic heterocycles. The van der Waals surface area contributed by atoms with Crippen molar-refractivity contribution in [2.75, 3.05) is 14.2 Å². The van der Waals surface area contributed by atoms with Crippen molar-refractivity contribution in [2.24, 2.45) is 0 Å². The summed E-state index contributed by atoms with van der Waals surface area (Å²) in [5.74, 6) is 1.75. The number of hydrogen-bond donors (Lipinski definition) is 1. The average molecular weight is 249 g/mol. The Morgan fingerprint density at radius 3 is 2.61 bits per heavy atom. The molecule has 18 heavy (non-hydrogen) atoms. The number of methoxy groups -OCH3 is 2. The summed E-state index contributed by atoms with van der Waals surface area (Å²) in [5, 5.41) is 3.62. The van der Waals surface area contributed by atoms with Crippen LogP contribution in [0.25, 0.3) is 0 Å². The van der Waals surface area contributed by atoms with Crippen LogP contribution in [-0.4, -0.2) is 26.3 Å². The quantitative estimate of drug-likeness (QED) is 0.889. The molecule has 1 aliphatic carbocycles. The van der Waals surface area contributed by atoms with E-state index in [0.29, 0.717) is 12.1 Å². The third kappa shape index (κ3) is 2.61. The monoisotopic (exact) mass is 249 g/mol. The average Bonchev–Trinajstić information content (AvgIpc) is 2.36. The Kier molecular flexibility index (Phi) is 4.12. The number of hydrogen-bond acceptors (Lipinski definition) is 3. The first-order chi connectivity index (χ1) is 8.65. The number of benzene rings is 1. The minimum atomic E-state index is 0.539. The predicted octanol–water partition coefficient (Wildman–Crippen LogP) is 2.56. The highest BCUT2D eigenvalue weighted by molar-refractivity contribution is 5.52. The SMILES string of the molecule is COc1ccc2c(c1OC)CCC(NC(C)C)C2. The van der Waals surface area contributed by atoms with Crippen LogP contribution in [0.2, 0.25) is 0 Å². The maximum absolute atomic E-state index is 5.51. The highest BCUT2D eigenvalue weighted by Crippen LogP contribution is 2.37. The Labute approximate surface area is 109 Å². The molecule has 0 saturated heterocycles. The van der Waals surface area contributed by atoms with Crippen molar-refractivity contribution < 1.29 is 9.47 Å². The normalized spacial score (nSPS) is 18.6. The number of fused-ring (bicyclic) bond motifs is 1. The van der Waals surface area contributed by atoms with E-state index in [1.54, 1.807) is 14.2 Å². The van der Waals surface area contributed by atoms with E-state index in [4.69, 9.17) is 9.47 Å². The zero-order valence-electron chi connectivity index (χ0n) is 11.7. The molecule has 1 aliphatic rings. The van der Waals surface area contributed by atoms with E-state index < -0.39 is 0 Å². The summed E-state index contributed by atoms with van der Waals surface area (Å²) in [6.45, 7) is 4.40. The highest BCUT2D eigenvalue weighted by Gasteiger charge is 2.23. The van der Waals surface area contributed by atoms with E-state index in [9.17, 15) is 0 Å². The molecule has 100 valence electrons. The van der Waals surface area contributed by atoms with Crippen LogP contribution in [-0.2, 0) is 12.8 Å². The molecule has 2 rings (SSSR count). The smallest absolute Gasteiger partial charge is 0.164 e. The Bertz CT molecular complexity index is 415. The van der Waals surface area contributed by atoms with Gasteiger partial charge in [-0.15, -0.1) is 0 Å². The van der Waals surface area contributed by atoms with Crippen molar-refractivity contribution in [3.8, 4) is 11.5 Å². The lowest BCUT2D eigenvalue weighted by Gasteiger charge is -2.28. The Morgan fingerprint density at radius 1 is 1.22 bits per heavy atom. The Hall–Kier alpha value is -1.22. The van der Waals surface area contributed by atoms with Gasteiger partial charge in [-0.1, -0.05) is 19.9 Å². The highest BCUT2D eigenvalue weighted by atomic mass is 16.5. The van der Waals surface area contributed by atoms with E-state index in [0.717, 1.165) is 30.8 Å². The van der Waals surface area contributed by atoms with Crippen LogP contribution in [0.1, 0.15) is 31.4 Å². The molecule has 0 spiro atoms. The Balaban J connectivity index is 2.24. The standard InChI is InChI=1S/C15H23NO2/c1-10(2)16-12-6-7-13-11(9-12)5-8-14(17-3)15(13)18-4/h5,8,10,12,16H,6-7,9H2,1-4H3. The molecule has 0 aliphatic heterocycles. The van der Waals surface area contributed by atoms with Crippen molar-refractivity contribution in [1.82, 2.24) is 5.32 Å². The van der Waals surface area contributed by atoms with Gasteiger partial charge in [0.25, 0.3) is 0 Å². The van der Waals surface area contributed by atoms with Crippen molar-refractivity contribution >= 4 is 0 Å². The van der Waals surface area contributed by atoms with Gasteiger partial charge in [0.2, 0.25) is 0 Å². The van der Waals surface area contributed by atoms with Gasteiger partial charge in [0.05, 0.1) is 14.2 Å². The molecular weight excluding hydrogens is 226 g/mol. The van der Waals surface area contributed by atoms with Crippen LogP contribution < -0.4 is 14.8 Å². The molecule has 1 atom stereocenters. The maximum Gasteiger partial charge on any atom is 0.164 e. The van der Waals surface area contributed by atoms with E-state index >= 15 is 0 Å². The largest absolute Gasteiger partial charge is 0.493 e. The summed E-state index contributed by atoms with van der Waals surface area (Å²) in [7, 11) is 3.41. The van der Waals surface area contributed by atoms with Crippen LogP contribution in [0.5, 0.6) is 11.5 Å². The predicted molar refractivity (Wildman–Crippen MR) is 73.6 cm³/mol. The lowest BCUT2D eigenvalue weighted by atomic mass is 9.87. The van der Waals surface area contributed by atoms with E-state index in [1.807, 2.05) is 6.07 Å². The van der Waals surface area contributed by atoms with Crippen LogP contribution in [0.4, 0.5) is 0 Å². The van der Waals surface area contributed by atoms with Crippen LogP contribution in [0, 0.1) is 0 Å². The molecule has 0 saturated carbocycles. The number of nitrogens with one attached hydrogen (secondary N) is 1. The lowest BCUT2D eigenvalue weighted by molar-refractivity contribution is 0.345. The molecule has 0 amide bonds. The minimum absolute atomic E-state index is 0.539. The topological polar surface area (TPSA) is 30.5 Å². The first-order valence-electron chi connectivity index (χ1n) is 6.64. The zero-order valence-corrected chi connectivity index (χ0v) is 11.7. The molecule has 3 heteroatoms. The second-order valence-corrected chi connectivity index (χ2v) is 5.20. The third-order valence-electron chi connectivity index (χ3n) is 3.52. The maximum atomic E-state index is 5.51. The third-order valence-corrected chi connectivity index (χ3v) is 3.52. The van der Waals surface area contributed by atoms with Gasteiger partial charge in [-0.25, -0.2) is 0 Å².